The maximum atomic E-state index is 11.5. The molecule has 0 aliphatic heterocycles. The molecule has 1 N–H and O–H groups in total. The highest BCUT2D eigenvalue weighted by Gasteiger charge is 2.23. The minimum absolute atomic E-state index is 0.662. The van der Waals surface area contributed by atoms with Crippen molar-refractivity contribution in [3.63, 3.8) is 0 Å². The van der Waals surface area contributed by atoms with Crippen molar-refractivity contribution in [2.45, 2.75) is 12.8 Å². The lowest BCUT2D eigenvalue weighted by Crippen LogP contribution is -2.14. The third kappa shape index (κ3) is 2.59. The van der Waals surface area contributed by atoms with Gasteiger partial charge in [-0.05, 0) is 47.9 Å². The molecule has 1 unspecified atom stereocenters. The van der Waals surface area contributed by atoms with Gasteiger partial charge in [0.2, 0.25) is 0 Å². The highest BCUT2D eigenvalue weighted by Crippen LogP contribution is 2.29. The van der Waals surface area contributed by atoms with E-state index in [0.29, 0.717) is 0 Å². The largest absolute Gasteiger partial charge is 0.481 e. The fourth-order valence-electron chi connectivity index (χ4n) is 1.93. The second-order valence-corrected chi connectivity index (χ2v) is 4.97. The molecule has 1 aromatic carbocycles. The highest BCUT2D eigenvalue weighted by atomic mass is 79.9. The Morgan fingerprint density at radius 2 is 1.94 bits per heavy atom. The number of pyridine rings is 1. The summed E-state index contributed by atoms with van der Waals surface area (Å²) in [5, 5.41) is 9.46. The van der Waals surface area contributed by atoms with Crippen LogP contribution in [0.3, 0.4) is 0 Å². The van der Waals surface area contributed by atoms with Gasteiger partial charge in [0, 0.05) is 16.9 Å². The number of hydrogen-bond acceptors (Lipinski definition) is 2. The zero-order valence-electron chi connectivity index (χ0n) is 9.80. The van der Waals surface area contributed by atoms with Crippen LogP contribution in [0.25, 0.3) is 0 Å². The van der Waals surface area contributed by atoms with Gasteiger partial charge in [0.15, 0.2) is 0 Å². The van der Waals surface area contributed by atoms with Crippen molar-refractivity contribution in [1.82, 2.24) is 4.98 Å². The van der Waals surface area contributed by atoms with E-state index in [2.05, 4.69) is 20.9 Å². The van der Waals surface area contributed by atoms with E-state index in [0.717, 1.165) is 21.2 Å². The Morgan fingerprint density at radius 1 is 1.28 bits per heavy atom. The van der Waals surface area contributed by atoms with Crippen molar-refractivity contribution in [3.8, 4) is 0 Å². The van der Waals surface area contributed by atoms with Gasteiger partial charge in [-0.25, -0.2) is 0 Å². The Bertz CT molecular complexity index is 569. The molecule has 0 bridgehead atoms. The number of hydrogen-bond donors (Lipinski definition) is 1. The van der Waals surface area contributed by atoms with E-state index in [1.807, 2.05) is 25.1 Å². The fourth-order valence-corrected chi connectivity index (χ4v) is 2.31. The van der Waals surface area contributed by atoms with E-state index < -0.39 is 11.9 Å². The summed E-state index contributed by atoms with van der Waals surface area (Å²) in [6.07, 6.45) is 3.22. The van der Waals surface area contributed by atoms with Crippen LogP contribution in [0.1, 0.15) is 22.6 Å². The predicted molar refractivity (Wildman–Crippen MR) is 72.6 cm³/mol. The van der Waals surface area contributed by atoms with E-state index in [1.165, 1.54) is 0 Å². The van der Waals surface area contributed by atoms with Crippen molar-refractivity contribution in [1.29, 1.82) is 0 Å². The molecule has 0 saturated carbocycles. The van der Waals surface area contributed by atoms with Gasteiger partial charge in [-0.1, -0.05) is 22.0 Å². The normalized spacial score (nSPS) is 12.1. The van der Waals surface area contributed by atoms with Gasteiger partial charge in [0.1, 0.15) is 5.92 Å². The van der Waals surface area contributed by atoms with Crippen molar-refractivity contribution in [2.75, 3.05) is 0 Å². The zero-order chi connectivity index (χ0) is 13.1. The van der Waals surface area contributed by atoms with Crippen LogP contribution in [0.2, 0.25) is 0 Å². The van der Waals surface area contributed by atoms with E-state index in [1.54, 1.807) is 24.5 Å². The van der Waals surface area contributed by atoms with Crippen LogP contribution < -0.4 is 0 Å². The molecule has 0 radical (unpaired) electrons. The first-order valence-electron chi connectivity index (χ1n) is 5.48. The molecule has 2 rings (SSSR count). The average molecular weight is 306 g/mol. The van der Waals surface area contributed by atoms with Gasteiger partial charge in [-0.3, -0.25) is 9.78 Å². The Morgan fingerprint density at radius 3 is 2.56 bits per heavy atom. The van der Waals surface area contributed by atoms with Gasteiger partial charge in [-0.15, -0.1) is 0 Å². The number of nitrogens with zero attached hydrogens (tertiary/aromatic N) is 1. The monoisotopic (exact) mass is 305 g/mol. The molecule has 1 atom stereocenters. The summed E-state index contributed by atoms with van der Waals surface area (Å²) in [6, 6.07) is 9.15. The molecule has 0 saturated heterocycles. The van der Waals surface area contributed by atoms with Crippen LogP contribution in [0.5, 0.6) is 0 Å². The van der Waals surface area contributed by atoms with Crippen LogP contribution in [0.15, 0.2) is 47.2 Å². The quantitative estimate of drug-likeness (QED) is 0.946. The second kappa shape index (κ2) is 5.31. The molecule has 1 heterocycles. The number of rotatable bonds is 3. The van der Waals surface area contributed by atoms with E-state index in [-0.39, 0.29) is 0 Å². The van der Waals surface area contributed by atoms with Gasteiger partial charge in [0.05, 0.1) is 0 Å². The van der Waals surface area contributed by atoms with Gasteiger partial charge in [0.25, 0.3) is 0 Å². The van der Waals surface area contributed by atoms with Crippen LogP contribution in [-0.2, 0) is 4.79 Å². The summed E-state index contributed by atoms with van der Waals surface area (Å²) >= 11 is 3.38. The zero-order valence-corrected chi connectivity index (χ0v) is 11.4. The molecule has 1 aromatic heterocycles. The molecule has 0 fully saturated rings. The number of carbonyl (C=O) groups is 1. The Balaban J connectivity index is 2.55. The number of aromatic nitrogens is 1. The van der Waals surface area contributed by atoms with Crippen molar-refractivity contribution < 1.29 is 9.90 Å². The van der Waals surface area contributed by atoms with Gasteiger partial charge >= 0.3 is 5.97 Å². The van der Waals surface area contributed by atoms with E-state index in [4.69, 9.17) is 0 Å². The summed E-state index contributed by atoms with van der Waals surface area (Å²) in [5.74, 6) is -1.52. The lowest BCUT2D eigenvalue weighted by Gasteiger charge is -2.16. The molecule has 92 valence electrons. The van der Waals surface area contributed by atoms with E-state index in [9.17, 15) is 9.90 Å². The van der Waals surface area contributed by atoms with Crippen LogP contribution in [-0.4, -0.2) is 16.1 Å². The molecule has 0 aliphatic carbocycles. The predicted octanol–water partition coefficient (Wildman–Crippen LogP) is 3.37. The fraction of sp³-hybridized carbons (Fsp3) is 0.143. The standard InChI is InChI=1S/C14H12BrNO2/c1-9-2-3-11(15)8-12(9)13(14(17)18)10-4-6-16-7-5-10/h2-8,13H,1H3,(H,17,18). The van der Waals surface area contributed by atoms with Crippen molar-refractivity contribution >= 4 is 21.9 Å². The smallest absolute Gasteiger partial charge is 0.315 e. The highest BCUT2D eigenvalue weighted by molar-refractivity contribution is 9.10. The molecule has 3 nitrogen and oxygen atoms in total. The number of benzene rings is 1. The molecular weight excluding hydrogens is 294 g/mol. The number of aryl methyl sites for hydroxylation is 1. The Hall–Kier alpha value is -1.68. The molecule has 4 heteroatoms. The summed E-state index contributed by atoms with van der Waals surface area (Å²) in [4.78, 5) is 15.4. The van der Waals surface area contributed by atoms with Crippen LogP contribution in [0.4, 0.5) is 0 Å². The van der Waals surface area contributed by atoms with Gasteiger partial charge in [-0.2, -0.15) is 0 Å². The number of carboxylic acids is 1. The lowest BCUT2D eigenvalue weighted by molar-refractivity contribution is -0.137. The molecule has 2 aromatic rings. The minimum atomic E-state index is -0.859. The first kappa shape index (κ1) is 12.8. The first-order valence-corrected chi connectivity index (χ1v) is 6.27. The number of aliphatic carboxylic acids is 1. The van der Waals surface area contributed by atoms with Crippen molar-refractivity contribution in [3.05, 3.63) is 63.9 Å². The minimum Gasteiger partial charge on any atom is -0.481 e. The third-order valence-corrected chi connectivity index (χ3v) is 3.33. The summed E-state index contributed by atoms with van der Waals surface area (Å²) < 4.78 is 0.878. The Kier molecular flexibility index (Phi) is 3.77. The second-order valence-electron chi connectivity index (χ2n) is 4.05. The molecule has 18 heavy (non-hydrogen) atoms. The summed E-state index contributed by atoms with van der Waals surface area (Å²) in [6.45, 7) is 1.92. The summed E-state index contributed by atoms with van der Waals surface area (Å²) in [7, 11) is 0. The first-order chi connectivity index (χ1) is 8.59. The average Bonchev–Trinajstić information content (AvgIpc) is 2.35. The Labute approximate surface area is 114 Å². The molecular formula is C14H12BrNO2. The van der Waals surface area contributed by atoms with Crippen molar-refractivity contribution in [2.24, 2.45) is 0 Å². The molecule has 0 spiro atoms. The van der Waals surface area contributed by atoms with E-state index >= 15 is 0 Å². The topological polar surface area (TPSA) is 50.2 Å². The van der Waals surface area contributed by atoms with Gasteiger partial charge < -0.3 is 5.11 Å². The summed E-state index contributed by atoms with van der Waals surface area (Å²) in [5.41, 5.74) is 2.49. The van der Waals surface area contributed by atoms with Crippen LogP contribution >= 0.6 is 15.9 Å². The number of carboxylic acid groups (broad SMARTS) is 1. The maximum Gasteiger partial charge on any atom is 0.315 e. The number of halogens is 1. The maximum absolute atomic E-state index is 11.5. The molecule has 0 amide bonds. The molecule has 0 aliphatic rings. The lowest BCUT2D eigenvalue weighted by atomic mass is 9.89. The van der Waals surface area contributed by atoms with Crippen LogP contribution in [0, 0.1) is 6.92 Å². The SMILES string of the molecule is Cc1ccc(Br)cc1C(C(=O)O)c1ccncc1. The third-order valence-electron chi connectivity index (χ3n) is 2.84.